The Kier molecular flexibility index (Phi) is 15.6. The molecule has 0 aliphatic carbocycles. The van der Waals surface area contributed by atoms with Gasteiger partial charge in [0, 0.05) is 62.7 Å². The van der Waals surface area contributed by atoms with Gasteiger partial charge in [0.05, 0.1) is 41.8 Å². The van der Waals surface area contributed by atoms with Gasteiger partial charge < -0.3 is 40.9 Å². The maximum Gasteiger partial charge on any atom is 0.246 e. The Balaban J connectivity index is 0.940. The second-order valence-corrected chi connectivity index (χ2v) is 17.7. The van der Waals surface area contributed by atoms with Crippen LogP contribution in [0.15, 0.2) is 90.4 Å². The first kappa shape index (κ1) is 46.3. The van der Waals surface area contributed by atoms with Crippen molar-refractivity contribution in [3.8, 4) is 10.4 Å². The number of aromatic nitrogens is 3. The number of aliphatic hydroxyl groups is 1. The van der Waals surface area contributed by atoms with Crippen molar-refractivity contribution in [2.45, 2.75) is 78.6 Å². The van der Waals surface area contributed by atoms with Gasteiger partial charge in [-0.1, -0.05) is 75.4 Å². The molecule has 4 amide bonds. The number of likely N-dealkylation sites (tertiary alicyclic amines) is 1. The third-order valence-corrected chi connectivity index (χ3v) is 11.6. The van der Waals surface area contributed by atoms with Crippen molar-refractivity contribution in [1.82, 2.24) is 30.5 Å². The zero-order chi connectivity index (χ0) is 45.1. The molecular weight excluding hydrogens is 819 g/mol. The first-order chi connectivity index (χ1) is 30.1. The van der Waals surface area contributed by atoms with Crippen LogP contribution in [-0.2, 0) is 36.9 Å². The van der Waals surface area contributed by atoms with Crippen molar-refractivity contribution in [2.75, 3.05) is 48.9 Å². The van der Waals surface area contributed by atoms with E-state index in [0.29, 0.717) is 37.0 Å². The van der Waals surface area contributed by atoms with E-state index in [1.54, 1.807) is 11.3 Å². The van der Waals surface area contributed by atoms with Crippen LogP contribution in [0.1, 0.15) is 56.1 Å². The largest absolute Gasteiger partial charge is 0.391 e. The van der Waals surface area contributed by atoms with Gasteiger partial charge in [-0.15, -0.1) is 11.3 Å². The number of likely N-dealkylation sites (N-methyl/N-ethyl adjacent to an activating group) is 1. The smallest absolute Gasteiger partial charge is 0.246 e. The Labute approximate surface area is 372 Å². The van der Waals surface area contributed by atoms with Gasteiger partial charge in [0.15, 0.2) is 0 Å². The molecule has 2 aromatic heterocycles. The number of benzene rings is 3. The number of hydrogen-bond acceptors (Lipinski definition) is 12. The predicted molar refractivity (Wildman–Crippen MR) is 246 cm³/mol. The van der Waals surface area contributed by atoms with E-state index in [1.807, 2.05) is 137 Å². The molecule has 6 rings (SSSR count). The van der Waals surface area contributed by atoms with Crippen LogP contribution in [0, 0.1) is 19.3 Å². The van der Waals surface area contributed by atoms with Crippen molar-refractivity contribution in [2.24, 2.45) is 5.41 Å². The number of ether oxygens (including phenoxy) is 1. The summed E-state index contributed by atoms with van der Waals surface area (Å²) in [4.78, 5) is 71.1. The van der Waals surface area contributed by atoms with Crippen LogP contribution < -0.4 is 26.2 Å². The predicted octanol–water partition coefficient (Wildman–Crippen LogP) is 5.79. The first-order valence-electron chi connectivity index (χ1n) is 21.0. The Morgan fingerprint density at radius 1 is 0.921 bits per heavy atom. The molecular formula is C47H57N9O6S. The number of thiazole rings is 1. The first-order valence-corrected chi connectivity index (χ1v) is 21.9. The summed E-state index contributed by atoms with van der Waals surface area (Å²) in [7, 11) is 1.89. The van der Waals surface area contributed by atoms with Gasteiger partial charge in [-0.3, -0.25) is 19.2 Å². The average Bonchev–Trinajstić information content (AvgIpc) is 3.87. The summed E-state index contributed by atoms with van der Waals surface area (Å²) in [5.41, 5.74) is 7.19. The average molecular weight is 876 g/mol. The van der Waals surface area contributed by atoms with Crippen molar-refractivity contribution in [3.63, 3.8) is 0 Å². The molecule has 0 spiro atoms. The van der Waals surface area contributed by atoms with Crippen LogP contribution in [-0.4, -0.2) is 100 Å². The Bertz CT molecular complexity index is 2330. The van der Waals surface area contributed by atoms with Gasteiger partial charge in [0.2, 0.25) is 29.6 Å². The number of aliphatic hydroxyl groups excluding tert-OH is 1. The monoisotopic (exact) mass is 875 g/mol. The van der Waals surface area contributed by atoms with Crippen molar-refractivity contribution >= 4 is 58.1 Å². The second-order valence-electron chi connectivity index (χ2n) is 16.8. The summed E-state index contributed by atoms with van der Waals surface area (Å²) in [6.45, 7) is 10.6. The fourth-order valence-electron chi connectivity index (χ4n) is 7.15. The van der Waals surface area contributed by atoms with Crippen molar-refractivity contribution in [1.29, 1.82) is 0 Å². The molecule has 1 fully saturated rings. The minimum Gasteiger partial charge on any atom is -0.391 e. The summed E-state index contributed by atoms with van der Waals surface area (Å²) >= 11 is 1.57. The highest BCUT2D eigenvalue weighted by Crippen LogP contribution is 2.29. The number of nitrogens with one attached hydrogen (secondary N) is 4. The Morgan fingerprint density at radius 3 is 2.32 bits per heavy atom. The Morgan fingerprint density at radius 2 is 1.63 bits per heavy atom. The summed E-state index contributed by atoms with van der Waals surface area (Å²) in [5.74, 6) is -0.153. The highest BCUT2D eigenvalue weighted by Gasteiger charge is 2.44. The van der Waals surface area contributed by atoms with Crippen LogP contribution in [0.5, 0.6) is 0 Å². The molecule has 15 nitrogen and oxygen atoms in total. The van der Waals surface area contributed by atoms with Crippen LogP contribution in [0.3, 0.4) is 0 Å². The normalized spacial score (nSPS) is 15.4. The minimum absolute atomic E-state index is 0.00773. The molecule has 1 saturated heterocycles. The lowest BCUT2D eigenvalue weighted by Gasteiger charge is -2.35. The van der Waals surface area contributed by atoms with E-state index < -0.39 is 29.5 Å². The van der Waals surface area contributed by atoms with E-state index in [9.17, 15) is 24.3 Å². The van der Waals surface area contributed by atoms with Gasteiger partial charge in [0.25, 0.3) is 0 Å². The number of hydrogen-bond donors (Lipinski definition) is 5. The van der Waals surface area contributed by atoms with Crippen molar-refractivity contribution < 1.29 is 29.0 Å². The fourth-order valence-corrected chi connectivity index (χ4v) is 7.96. The van der Waals surface area contributed by atoms with Crippen LogP contribution in [0.4, 0.5) is 23.1 Å². The molecule has 3 atom stereocenters. The van der Waals surface area contributed by atoms with Crippen LogP contribution in [0.25, 0.3) is 10.4 Å². The molecule has 1 aliphatic rings. The van der Waals surface area contributed by atoms with Crippen LogP contribution in [0.2, 0.25) is 0 Å². The lowest BCUT2D eigenvalue weighted by atomic mass is 9.85. The number of rotatable bonds is 18. The Hall–Kier alpha value is -6.23. The molecule has 0 radical (unpaired) electrons. The molecule has 0 bridgehead atoms. The maximum atomic E-state index is 14.0. The highest BCUT2D eigenvalue weighted by molar-refractivity contribution is 7.13. The summed E-state index contributed by atoms with van der Waals surface area (Å²) in [6.07, 6.45) is -0.452. The molecule has 16 heteroatoms. The molecule has 332 valence electrons. The minimum atomic E-state index is -0.938. The molecule has 0 unspecified atom stereocenters. The number of anilines is 4. The van der Waals surface area contributed by atoms with Gasteiger partial charge in [-0.2, -0.15) is 4.98 Å². The van der Waals surface area contributed by atoms with Crippen molar-refractivity contribution in [3.05, 3.63) is 113 Å². The lowest BCUT2D eigenvalue weighted by molar-refractivity contribution is -0.144. The topological polar surface area (TPSA) is 191 Å². The van der Waals surface area contributed by atoms with E-state index in [1.165, 1.54) is 4.90 Å². The van der Waals surface area contributed by atoms with Gasteiger partial charge in [0.1, 0.15) is 17.9 Å². The number of nitrogens with zero attached hydrogens (tertiary/aromatic N) is 5. The van der Waals surface area contributed by atoms with E-state index >= 15 is 0 Å². The second kappa shape index (κ2) is 21.2. The maximum absolute atomic E-state index is 14.0. The fraction of sp³-hybridized carbons (Fsp3) is 0.383. The summed E-state index contributed by atoms with van der Waals surface area (Å²) in [6, 6.07) is 24.8. The number of carbonyl (C=O) groups excluding carboxylic acids is 4. The highest BCUT2D eigenvalue weighted by atomic mass is 32.1. The van der Waals surface area contributed by atoms with Crippen LogP contribution >= 0.6 is 11.3 Å². The third kappa shape index (κ3) is 13.1. The molecule has 5 N–H and O–H groups in total. The van der Waals surface area contributed by atoms with Gasteiger partial charge >= 0.3 is 0 Å². The molecule has 0 saturated carbocycles. The SMILES string of the molecule is Cc1cc(N(C)CCOCCC(=O)N[C@H](C(=O)N2C[C@@H](O)C[C@H]2C(=O)NCc2ccc(-c3scnc3C)cc2)C(C)(C)C)nc(Nc2ccc(NC(=O)Cc3ccccc3)cc2)n1. The van der Waals surface area contributed by atoms with E-state index in [2.05, 4.69) is 36.2 Å². The summed E-state index contributed by atoms with van der Waals surface area (Å²) in [5, 5.41) is 22.6. The van der Waals surface area contributed by atoms with E-state index in [-0.39, 0.29) is 50.3 Å². The zero-order valence-electron chi connectivity index (χ0n) is 36.7. The summed E-state index contributed by atoms with van der Waals surface area (Å²) < 4.78 is 5.83. The molecule has 63 heavy (non-hydrogen) atoms. The van der Waals surface area contributed by atoms with Gasteiger partial charge in [-0.05, 0) is 60.2 Å². The standard InChI is InChI=1S/C47H57N9O6S/c1-30-24-39(53-46(50-30)52-36-18-16-35(17-19-36)51-41(59)25-32-10-8-7-9-11-32)55(6)21-23-62-22-20-40(58)54-43(47(3,4)5)45(61)56-28-37(57)26-38(56)44(60)48-27-33-12-14-34(15-13-33)42-31(2)49-29-63-42/h7-19,24,29,37-38,43,57H,20-23,25-28H2,1-6H3,(H,48,60)(H,51,59)(H,54,58)(H,50,52,53)/t37-,38-,43+/m0/s1. The number of β-amino-alcohol motifs (C(OH)–C–C–N with tert-alkyl or cyclic N) is 1. The number of aryl methyl sites for hydroxylation is 2. The van der Waals surface area contributed by atoms with E-state index in [0.717, 1.165) is 38.6 Å². The lowest BCUT2D eigenvalue weighted by Crippen LogP contribution is -2.57. The van der Waals surface area contributed by atoms with E-state index in [4.69, 9.17) is 4.74 Å². The number of amides is 4. The van der Waals surface area contributed by atoms with Gasteiger partial charge in [-0.25, -0.2) is 9.97 Å². The third-order valence-electron chi connectivity index (χ3n) is 10.6. The quantitative estimate of drug-likeness (QED) is 0.0670. The number of carbonyl (C=O) groups is 4. The zero-order valence-corrected chi connectivity index (χ0v) is 37.5. The molecule has 1 aliphatic heterocycles. The molecule has 3 heterocycles. The molecule has 5 aromatic rings. The molecule has 3 aromatic carbocycles.